The summed E-state index contributed by atoms with van der Waals surface area (Å²) in [5.74, 6) is 1.23. The Labute approximate surface area is 132 Å². The second kappa shape index (κ2) is 7.49. The Morgan fingerprint density at radius 1 is 1.36 bits per heavy atom. The first kappa shape index (κ1) is 16.6. The van der Waals surface area contributed by atoms with Crippen LogP contribution in [0.15, 0.2) is 18.2 Å². The summed E-state index contributed by atoms with van der Waals surface area (Å²) in [5, 5.41) is 0. The van der Waals surface area contributed by atoms with Crippen LogP contribution in [0.5, 0.6) is 11.5 Å². The number of carbonyl (C=O) groups is 1. The van der Waals surface area contributed by atoms with Gasteiger partial charge in [-0.25, -0.2) is 0 Å². The Morgan fingerprint density at radius 2 is 2.14 bits per heavy atom. The van der Waals surface area contributed by atoms with Crippen molar-refractivity contribution >= 4 is 5.91 Å². The number of ether oxygens (including phenoxy) is 2. The number of likely N-dealkylation sites (tertiary alicyclic amines) is 1. The quantitative estimate of drug-likeness (QED) is 0.876. The van der Waals surface area contributed by atoms with Crippen molar-refractivity contribution in [1.82, 2.24) is 4.90 Å². The standard InChI is InChI=1S/C17H26N2O3/c1-12(2)22-15-8-7-13(10-16(15)21-3)11-19-9-5-4-6-14(19)17(18)20/h7-8,10,12,14H,4-6,9,11H2,1-3H3,(H2,18,20)/t14-/m1/s1. The molecule has 5 heteroatoms. The Bertz CT molecular complexity index is 517. The van der Waals surface area contributed by atoms with E-state index in [0.717, 1.165) is 42.9 Å². The molecule has 1 aromatic rings. The summed E-state index contributed by atoms with van der Waals surface area (Å²) < 4.78 is 11.1. The molecule has 0 bridgehead atoms. The summed E-state index contributed by atoms with van der Waals surface area (Å²) in [7, 11) is 1.64. The number of carbonyl (C=O) groups excluding carboxylic acids is 1. The average molecular weight is 306 g/mol. The van der Waals surface area contributed by atoms with Crippen LogP contribution < -0.4 is 15.2 Å². The van der Waals surface area contributed by atoms with E-state index in [1.165, 1.54) is 0 Å². The van der Waals surface area contributed by atoms with Crippen LogP contribution in [0.4, 0.5) is 0 Å². The maximum absolute atomic E-state index is 11.6. The van der Waals surface area contributed by atoms with E-state index in [-0.39, 0.29) is 18.1 Å². The van der Waals surface area contributed by atoms with E-state index in [0.29, 0.717) is 6.54 Å². The van der Waals surface area contributed by atoms with E-state index in [1.807, 2.05) is 32.0 Å². The number of methoxy groups -OCH3 is 1. The first-order valence-corrected chi connectivity index (χ1v) is 7.88. The van der Waals surface area contributed by atoms with Gasteiger partial charge in [-0.3, -0.25) is 9.69 Å². The van der Waals surface area contributed by atoms with Crippen molar-refractivity contribution in [2.75, 3.05) is 13.7 Å². The molecule has 1 amide bonds. The second-order valence-corrected chi connectivity index (χ2v) is 6.04. The predicted molar refractivity (Wildman–Crippen MR) is 86.0 cm³/mol. The molecule has 1 heterocycles. The zero-order valence-corrected chi connectivity index (χ0v) is 13.7. The van der Waals surface area contributed by atoms with Crippen molar-refractivity contribution in [1.29, 1.82) is 0 Å². The number of piperidine rings is 1. The fourth-order valence-corrected chi connectivity index (χ4v) is 2.90. The van der Waals surface area contributed by atoms with Crippen molar-refractivity contribution in [2.45, 2.75) is 51.8 Å². The normalized spacial score (nSPS) is 19.2. The molecule has 0 radical (unpaired) electrons. The molecule has 1 fully saturated rings. The number of primary amides is 1. The second-order valence-electron chi connectivity index (χ2n) is 6.04. The Morgan fingerprint density at radius 3 is 2.77 bits per heavy atom. The third kappa shape index (κ3) is 4.13. The number of benzene rings is 1. The minimum atomic E-state index is -0.230. The lowest BCUT2D eigenvalue weighted by molar-refractivity contribution is -0.124. The van der Waals surface area contributed by atoms with E-state index in [1.54, 1.807) is 7.11 Å². The maximum Gasteiger partial charge on any atom is 0.234 e. The Balaban J connectivity index is 2.13. The molecule has 0 saturated carbocycles. The van der Waals surface area contributed by atoms with Gasteiger partial charge in [0.2, 0.25) is 5.91 Å². The molecule has 0 spiro atoms. The van der Waals surface area contributed by atoms with Crippen LogP contribution in [0, 0.1) is 0 Å². The highest BCUT2D eigenvalue weighted by atomic mass is 16.5. The lowest BCUT2D eigenvalue weighted by Crippen LogP contribution is -2.47. The van der Waals surface area contributed by atoms with Gasteiger partial charge in [-0.05, 0) is 50.9 Å². The summed E-state index contributed by atoms with van der Waals surface area (Å²) in [6.45, 7) is 5.57. The molecule has 0 aromatic heterocycles. The zero-order chi connectivity index (χ0) is 16.1. The van der Waals surface area contributed by atoms with Crippen molar-refractivity contribution in [3.05, 3.63) is 23.8 Å². The van der Waals surface area contributed by atoms with Crippen LogP contribution in [0.1, 0.15) is 38.7 Å². The Kier molecular flexibility index (Phi) is 5.66. The van der Waals surface area contributed by atoms with Crippen molar-refractivity contribution < 1.29 is 14.3 Å². The number of nitrogens with zero attached hydrogens (tertiary/aromatic N) is 1. The van der Waals surface area contributed by atoms with Gasteiger partial charge >= 0.3 is 0 Å². The Hall–Kier alpha value is -1.75. The van der Waals surface area contributed by atoms with Crippen molar-refractivity contribution in [3.63, 3.8) is 0 Å². The lowest BCUT2D eigenvalue weighted by atomic mass is 10.0. The molecular weight excluding hydrogens is 280 g/mol. The van der Waals surface area contributed by atoms with E-state index in [2.05, 4.69) is 4.90 Å². The summed E-state index contributed by atoms with van der Waals surface area (Å²) in [6.07, 6.45) is 3.12. The van der Waals surface area contributed by atoms with Gasteiger partial charge < -0.3 is 15.2 Å². The predicted octanol–water partition coefficient (Wildman–Crippen LogP) is 2.32. The number of hydrogen-bond acceptors (Lipinski definition) is 4. The van der Waals surface area contributed by atoms with Crippen LogP contribution in [0.3, 0.4) is 0 Å². The molecule has 2 rings (SSSR count). The average Bonchev–Trinajstić information content (AvgIpc) is 2.48. The fourth-order valence-electron chi connectivity index (χ4n) is 2.90. The third-order valence-electron chi connectivity index (χ3n) is 3.92. The van der Waals surface area contributed by atoms with Gasteiger partial charge in [-0.2, -0.15) is 0 Å². The van der Waals surface area contributed by atoms with Gasteiger partial charge in [0.15, 0.2) is 11.5 Å². The number of rotatable bonds is 6. The van der Waals surface area contributed by atoms with Crippen LogP contribution in [0.25, 0.3) is 0 Å². The third-order valence-corrected chi connectivity index (χ3v) is 3.92. The first-order chi connectivity index (χ1) is 10.5. The van der Waals surface area contributed by atoms with E-state index >= 15 is 0 Å². The maximum atomic E-state index is 11.6. The number of amides is 1. The van der Waals surface area contributed by atoms with Crippen molar-refractivity contribution in [3.8, 4) is 11.5 Å². The molecule has 1 aliphatic rings. The number of nitrogens with two attached hydrogens (primary N) is 1. The molecule has 0 unspecified atom stereocenters. The molecule has 22 heavy (non-hydrogen) atoms. The van der Waals surface area contributed by atoms with Gasteiger partial charge in [0.1, 0.15) is 0 Å². The highest BCUT2D eigenvalue weighted by Gasteiger charge is 2.26. The summed E-state index contributed by atoms with van der Waals surface area (Å²) in [6, 6.07) is 5.76. The molecule has 1 saturated heterocycles. The highest BCUT2D eigenvalue weighted by molar-refractivity contribution is 5.79. The van der Waals surface area contributed by atoms with E-state index in [9.17, 15) is 4.79 Å². The van der Waals surface area contributed by atoms with Crippen LogP contribution in [-0.4, -0.2) is 36.6 Å². The minimum Gasteiger partial charge on any atom is -0.493 e. The van der Waals surface area contributed by atoms with E-state index < -0.39 is 0 Å². The number of hydrogen-bond donors (Lipinski definition) is 1. The van der Waals surface area contributed by atoms with Gasteiger partial charge in [0.05, 0.1) is 19.3 Å². The fraction of sp³-hybridized carbons (Fsp3) is 0.588. The SMILES string of the molecule is COc1cc(CN2CCCC[C@@H]2C(N)=O)ccc1OC(C)C. The molecule has 2 N–H and O–H groups in total. The lowest BCUT2D eigenvalue weighted by Gasteiger charge is -2.33. The first-order valence-electron chi connectivity index (χ1n) is 7.88. The molecule has 122 valence electrons. The zero-order valence-electron chi connectivity index (χ0n) is 13.7. The largest absolute Gasteiger partial charge is 0.493 e. The molecule has 1 aromatic carbocycles. The van der Waals surface area contributed by atoms with E-state index in [4.69, 9.17) is 15.2 Å². The van der Waals surface area contributed by atoms with Gasteiger partial charge in [-0.15, -0.1) is 0 Å². The molecular formula is C17H26N2O3. The van der Waals surface area contributed by atoms with Gasteiger partial charge in [0.25, 0.3) is 0 Å². The molecule has 1 aliphatic heterocycles. The summed E-state index contributed by atoms with van der Waals surface area (Å²) in [5.41, 5.74) is 6.62. The smallest absolute Gasteiger partial charge is 0.234 e. The molecule has 5 nitrogen and oxygen atoms in total. The summed E-state index contributed by atoms with van der Waals surface area (Å²) in [4.78, 5) is 13.7. The van der Waals surface area contributed by atoms with Crippen LogP contribution >= 0.6 is 0 Å². The molecule has 1 atom stereocenters. The van der Waals surface area contributed by atoms with Gasteiger partial charge in [0, 0.05) is 6.54 Å². The highest BCUT2D eigenvalue weighted by Crippen LogP contribution is 2.30. The van der Waals surface area contributed by atoms with Crippen molar-refractivity contribution in [2.24, 2.45) is 5.73 Å². The minimum absolute atomic E-state index is 0.0982. The van der Waals surface area contributed by atoms with Crippen LogP contribution in [-0.2, 0) is 11.3 Å². The summed E-state index contributed by atoms with van der Waals surface area (Å²) >= 11 is 0. The monoisotopic (exact) mass is 306 g/mol. The van der Waals surface area contributed by atoms with Crippen LogP contribution in [0.2, 0.25) is 0 Å². The topological polar surface area (TPSA) is 64.8 Å². The van der Waals surface area contributed by atoms with Gasteiger partial charge in [-0.1, -0.05) is 12.5 Å². The molecule has 0 aliphatic carbocycles.